The van der Waals surface area contributed by atoms with Crippen molar-refractivity contribution in [3.05, 3.63) is 70.3 Å². The summed E-state index contributed by atoms with van der Waals surface area (Å²) in [5.41, 5.74) is 1.88. The minimum absolute atomic E-state index is 0.0217. The number of benzene rings is 2. The summed E-state index contributed by atoms with van der Waals surface area (Å²) in [5, 5.41) is 15.8. The molecule has 0 aromatic heterocycles. The molecule has 36 heavy (non-hydrogen) atoms. The summed E-state index contributed by atoms with van der Waals surface area (Å²) in [6.07, 6.45) is 4.96. The molecule has 0 unspecified atom stereocenters. The van der Waals surface area contributed by atoms with E-state index in [2.05, 4.69) is 10.1 Å². The second-order valence-electron chi connectivity index (χ2n) is 8.62. The van der Waals surface area contributed by atoms with Gasteiger partial charge in [0.05, 0.1) is 12.0 Å². The Labute approximate surface area is 218 Å². The Bertz CT molecular complexity index is 1280. The number of hydrogen-bond donors (Lipinski definition) is 1. The molecule has 0 atom stereocenters. The number of carbonyl (C=O) groups is 2. The van der Waals surface area contributed by atoms with E-state index in [1.807, 2.05) is 53.4 Å². The van der Waals surface area contributed by atoms with Gasteiger partial charge in [-0.3, -0.25) is 15.0 Å². The molecule has 1 saturated heterocycles. The Balaban J connectivity index is 1.24. The lowest BCUT2D eigenvalue weighted by Crippen LogP contribution is -2.36. The molecular weight excluding hydrogens is 498 g/mol. The second kappa shape index (κ2) is 10.7. The molecule has 3 heterocycles. The number of halogens is 1. The van der Waals surface area contributed by atoms with Crippen LogP contribution in [0.5, 0.6) is 5.75 Å². The highest BCUT2D eigenvalue weighted by Crippen LogP contribution is 2.30. The summed E-state index contributed by atoms with van der Waals surface area (Å²) in [6.45, 7) is 1.95. The third kappa shape index (κ3) is 5.52. The molecule has 0 saturated carbocycles. The zero-order valence-electron chi connectivity index (χ0n) is 19.4. The van der Waals surface area contributed by atoms with Crippen molar-refractivity contribution in [2.75, 3.05) is 13.1 Å². The maximum Gasteiger partial charge on any atom is 0.283 e. The van der Waals surface area contributed by atoms with Crippen molar-refractivity contribution < 1.29 is 14.3 Å². The monoisotopic (exact) mass is 521 g/mol. The molecule has 8 nitrogen and oxygen atoms in total. The molecule has 2 aromatic carbocycles. The number of aliphatic imine (C=N–C) groups is 1. The number of hydrazone groups is 1. The number of fused-ring (bicyclic) bond motifs is 1. The Kier molecular flexibility index (Phi) is 7.20. The van der Waals surface area contributed by atoms with E-state index in [4.69, 9.17) is 21.7 Å². The minimum atomic E-state index is -0.499. The molecule has 0 radical (unpaired) electrons. The highest BCUT2D eigenvalue weighted by Gasteiger charge is 2.36. The van der Waals surface area contributed by atoms with Crippen LogP contribution < -0.4 is 4.74 Å². The fraction of sp³-hybridized carbons (Fsp3) is 0.269. The van der Waals surface area contributed by atoms with Gasteiger partial charge < -0.3 is 9.64 Å². The average molecular weight is 522 g/mol. The number of ether oxygens (including phenoxy) is 1. The van der Waals surface area contributed by atoms with Crippen molar-refractivity contribution in [3.8, 4) is 5.75 Å². The molecule has 0 aliphatic carbocycles. The van der Waals surface area contributed by atoms with Gasteiger partial charge in [0.15, 0.2) is 5.84 Å². The number of amidine groups is 2. The van der Waals surface area contributed by atoms with Gasteiger partial charge in [0, 0.05) is 18.1 Å². The van der Waals surface area contributed by atoms with Crippen LogP contribution in [0.2, 0.25) is 5.02 Å². The molecule has 1 N–H and O–H groups in total. The molecule has 3 aliphatic heterocycles. The highest BCUT2D eigenvalue weighted by molar-refractivity contribution is 8.27. The van der Waals surface area contributed by atoms with Gasteiger partial charge in [0.1, 0.15) is 17.4 Å². The van der Waals surface area contributed by atoms with Gasteiger partial charge >= 0.3 is 0 Å². The summed E-state index contributed by atoms with van der Waals surface area (Å²) < 4.78 is 5.81. The van der Waals surface area contributed by atoms with E-state index in [1.54, 1.807) is 6.08 Å². The van der Waals surface area contributed by atoms with Crippen molar-refractivity contribution in [1.29, 1.82) is 5.41 Å². The van der Waals surface area contributed by atoms with E-state index in [1.165, 1.54) is 16.8 Å². The molecular formula is C26H24ClN5O3S. The van der Waals surface area contributed by atoms with Crippen LogP contribution in [0.15, 0.2) is 64.2 Å². The number of nitrogens with zero attached hydrogens (tertiary/aromatic N) is 4. The number of nitrogens with one attached hydrogen (secondary N) is 1. The van der Waals surface area contributed by atoms with Crippen LogP contribution in [0.3, 0.4) is 0 Å². The largest absolute Gasteiger partial charge is 0.489 e. The number of likely N-dealkylation sites (tertiary alicyclic amines) is 1. The number of hydrogen-bond acceptors (Lipinski definition) is 6. The maximum atomic E-state index is 12.7. The number of carbonyl (C=O) groups excluding carboxylic acids is 2. The Morgan fingerprint density at radius 2 is 1.81 bits per heavy atom. The van der Waals surface area contributed by atoms with E-state index >= 15 is 0 Å². The standard InChI is InChI=1S/C26H24ClN5O3S/c27-19-8-4-18(5-9-19)16-35-20-10-6-17(7-11-20)14-21-24(28)32-26(29-25(21)34)36-22(30-32)15-23(33)31-12-2-1-3-13-31/h4-11,14,28H,1-3,12-13,15-16H2. The SMILES string of the molecule is N=C1C(=Cc2ccc(OCc3ccc(Cl)cc3)cc2)C(=O)N=C2SC(CC(=O)N3CCCCC3)=NN12. The van der Waals surface area contributed by atoms with Gasteiger partial charge in [-0.1, -0.05) is 35.9 Å². The molecule has 1 fully saturated rings. The average Bonchev–Trinajstić information content (AvgIpc) is 3.29. The van der Waals surface area contributed by atoms with E-state index in [-0.39, 0.29) is 23.7 Å². The quantitative estimate of drug-likeness (QED) is 0.543. The van der Waals surface area contributed by atoms with Crippen molar-refractivity contribution in [3.63, 3.8) is 0 Å². The lowest BCUT2D eigenvalue weighted by molar-refractivity contribution is -0.130. The third-order valence-corrected chi connectivity index (χ3v) is 7.18. The summed E-state index contributed by atoms with van der Waals surface area (Å²) in [5.74, 6) is 0.149. The van der Waals surface area contributed by atoms with Gasteiger partial charge in [-0.2, -0.15) is 15.1 Å². The van der Waals surface area contributed by atoms with E-state index in [0.29, 0.717) is 27.6 Å². The summed E-state index contributed by atoms with van der Waals surface area (Å²) in [7, 11) is 0. The summed E-state index contributed by atoms with van der Waals surface area (Å²) in [4.78, 5) is 31.3. The molecule has 0 bridgehead atoms. The fourth-order valence-corrected chi connectivity index (χ4v) is 5.06. The fourth-order valence-electron chi connectivity index (χ4n) is 4.06. The van der Waals surface area contributed by atoms with E-state index in [0.717, 1.165) is 43.5 Å². The third-order valence-electron chi connectivity index (χ3n) is 6.02. The number of rotatable bonds is 6. The van der Waals surface area contributed by atoms with Crippen molar-refractivity contribution in [2.24, 2.45) is 10.1 Å². The second-order valence-corrected chi connectivity index (χ2v) is 10.1. The molecule has 2 aromatic rings. The molecule has 2 amide bonds. The van der Waals surface area contributed by atoms with Crippen LogP contribution in [0, 0.1) is 5.41 Å². The molecule has 3 aliphatic rings. The lowest BCUT2D eigenvalue weighted by atomic mass is 10.1. The van der Waals surface area contributed by atoms with Crippen LogP contribution in [0.1, 0.15) is 36.8 Å². The first-order valence-corrected chi connectivity index (χ1v) is 12.9. The summed E-state index contributed by atoms with van der Waals surface area (Å²) >= 11 is 7.09. The predicted octanol–water partition coefficient (Wildman–Crippen LogP) is 4.94. The van der Waals surface area contributed by atoms with Crippen LogP contribution in [0.4, 0.5) is 0 Å². The van der Waals surface area contributed by atoms with E-state index < -0.39 is 5.91 Å². The van der Waals surface area contributed by atoms with Crippen LogP contribution in [-0.4, -0.2) is 50.9 Å². The van der Waals surface area contributed by atoms with Crippen molar-refractivity contribution >= 4 is 57.3 Å². The zero-order valence-corrected chi connectivity index (χ0v) is 21.0. The maximum absolute atomic E-state index is 12.7. The van der Waals surface area contributed by atoms with Crippen LogP contribution in [-0.2, 0) is 16.2 Å². The minimum Gasteiger partial charge on any atom is -0.489 e. The first-order chi connectivity index (χ1) is 17.5. The van der Waals surface area contributed by atoms with Gasteiger partial charge in [0.25, 0.3) is 5.91 Å². The Morgan fingerprint density at radius 1 is 1.08 bits per heavy atom. The topological polar surface area (TPSA) is 98.4 Å². The van der Waals surface area contributed by atoms with Crippen molar-refractivity contribution in [2.45, 2.75) is 32.3 Å². The van der Waals surface area contributed by atoms with Gasteiger partial charge in [-0.15, -0.1) is 0 Å². The van der Waals surface area contributed by atoms with Gasteiger partial charge in [-0.05, 0) is 72.5 Å². The van der Waals surface area contributed by atoms with Crippen LogP contribution in [0.25, 0.3) is 6.08 Å². The normalized spacial score (nSPS) is 18.8. The zero-order chi connectivity index (χ0) is 25.1. The number of amides is 2. The lowest BCUT2D eigenvalue weighted by Gasteiger charge is -2.26. The van der Waals surface area contributed by atoms with Crippen molar-refractivity contribution in [1.82, 2.24) is 9.91 Å². The Hall–Kier alpha value is -3.43. The molecule has 184 valence electrons. The number of piperidine rings is 1. The van der Waals surface area contributed by atoms with Gasteiger partial charge in [-0.25, -0.2) is 0 Å². The highest BCUT2D eigenvalue weighted by atomic mass is 35.5. The predicted molar refractivity (Wildman–Crippen MR) is 142 cm³/mol. The van der Waals surface area contributed by atoms with Gasteiger partial charge in [0.2, 0.25) is 11.1 Å². The van der Waals surface area contributed by atoms with Crippen LogP contribution >= 0.6 is 23.4 Å². The van der Waals surface area contributed by atoms with E-state index in [9.17, 15) is 9.59 Å². The number of thioether (sulfide) groups is 1. The first kappa shape index (κ1) is 24.3. The summed E-state index contributed by atoms with van der Waals surface area (Å²) in [6, 6.07) is 14.7. The smallest absolute Gasteiger partial charge is 0.283 e. The molecule has 10 heteroatoms. The molecule has 0 spiro atoms. The first-order valence-electron chi connectivity index (χ1n) is 11.7. The Morgan fingerprint density at radius 3 is 2.53 bits per heavy atom. The molecule has 5 rings (SSSR count).